The van der Waals surface area contributed by atoms with Gasteiger partial charge in [0.25, 0.3) is 0 Å². The van der Waals surface area contributed by atoms with E-state index >= 15 is 0 Å². The van der Waals surface area contributed by atoms with Crippen LogP contribution in [0.25, 0.3) is 0 Å². The number of carbonyl (C=O) groups excluding carboxylic acids is 1. The first kappa shape index (κ1) is 12.2. The van der Waals surface area contributed by atoms with Crippen LogP contribution in [0.4, 0.5) is 0 Å². The molecule has 1 aromatic carbocycles. The van der Waals surface area contributed by atoms with Crippen LogP contribution < -0.4 is 4.74 Å². The van der Waals surface area contributed by atoms with Crippen molar-refractivity contribution in [1.29, 1.82) is 0 Å². The van der Waals surface area contributed by atoms with E-state index in [9.17, 15) is 4.79 Å². The van der Waals surface area contributed by atoms with E-state index in [4.69, 9.17) is 4.74 Å². The third kappa shape index (κ3) is 2.71. The maximum absolute atomic E-state index is 12.1. The standard InChI is InChI=1S/C14H14N2O2/c1-10-15-8-7-12(16-10)13(17)9-11-5-3-4-6-14(11)18-2/h3-8H,9H2,1-2H3. The molecule has 92 valence electrons. The van der Waals surface area contributed by atoms with Crippen LogP contribution in [0.2, 0.25) is 0 Å². The summed E-state index contributed by atoms with van der Waals surface area (Å²) >= 11 is 0. The van der Waals surface area contributed by atoms with Crippen molar-refractivity contribution in [2.75, 3.05) is 7.11 Å². The third-order valence-corrected chi connectivity index (χ3v) is 2.61. The fourth-order valence-corrected chi connectivity index (χ4v) is 1.72. The van der Waals surface area contributed by atoms with Crippen molar-refractivity contribution < 1.29 is 9.53 Å². The zero-order valence-electron chi connectivity index (χ0n) is 10.4. The zero-order chi connectivity index (χ0) is 13.0. The Bertz CT molecular complexity index is 567. The first-order chi connectivity index (χ1) is 8.70. The van der Waals surface area contributed by atoms with E-state index in [2.05, 4.69) is 9.97 Å². The molecule has 4 heteroatoms. The van der Waals surface area contributed by atoms with Gasteiger partial charge in [-0.25, -0.2) is 9.97 Å². The van der Waals surface area contributed by atoms with E-state index < -0.39 is 0 Å². The number of carbonyl (C=O) groups is 1. The molecule has 0 N–H and O–H groups in total. The Balaban J connectivity index is 2.21. The summed E-state index contributed by atoms with van der Waals surface area (Å²) < 4.78 is 5.22. The van der Waals surface area contributed by atoms with Gasteiger partial charge in [-0.1, -0.05) is 18.2 Å². The molecule has 18 heavy (non-hydrogen) atoms. The van der Waals surface area contributed by atoms with Crippen LogP contribution in [0.3, 0.4) is 0 Å². The lowest BCUT2D eigenvalue weighted by molar-refractivity contribution is 0.0987. The van der Waals surface area contributed by atoms with Gasteiger partial charge < -0.3 is 4.74 Å². The van der Waals surface area contributed by atoms with Gasteiger partial charge in [-0.15, -0.1) is 0 Å². The number of para-hydroxylation sites is 1. The molecule has 0 saturated carbocycles. The monoisotopic (exact) mass is 242 g/mol. The van der Waals surface area contributed by atoms with Crippen LogP contribution >= 0.6 is 0 Å². The van der Waals surface area contributed by atoms with Crippen LogP contribution in [-0.2, 0) is 6.42 Å². The summed E-state index contributed by atoms with van der Waals surface area (Å²) in [5.74, 6) is 1.28. The van der Waals surface area contributed by atoms with Crippen LogP contribution in [0.1, 0.15) is 21.9 Å². The van der Waals surface area contributed by atoms with Crippen molar-refractivity contribution in [3.8, 4) is 5.75 Å². The summed E-state index contributed by atoms with van der Waals surface area (Å²) in [7, 11) is 1.60. The fraction of sp³-hybridized carbons (Fsp3) is 0.214. The lowest BCUT2D eigenvalue weighted by atomic mass is 10.1. The van der Waals surface area contributed by atoms with Gasteiger partial charge in [0.15, 0.2) is 5.78 Å². The van der Waals surface area contributed by atoms with E-state index in [1.54, 1.807) is 26.3 Å². The van der Waals surface area contributed by atoms with Gasteiger partial charge in [0.05, 0.1) is 7.11 Å². The highest BCUT2D eigenvalue weighted by Gasteiger charge is 2.11. The van der Waals surface area contributed by atoms with Crippen LogP contribution in [-0.4, -0.2) is 22.9 Å². The highest BCUT2D eigenvalue weighted by atomic mass is 16.5. The first-order valence-corrected chi connectivity index (χ1v) is 5.65. The van der Waals surface area contributed by atoms with Gasteiger partial charge in [-0.3, -0.25) is 4.79 Å². The number of hydrogen-bond acceptors (Lipinski definition) is 4. The molecule has 0 aliphatic carbocycles. The Morgan fingerprint density at radius 1 is 1.28 bits per heavy atom. The molecule has 1 heterocycles. The highest BCUT2D eigenvalue weighted by Crippen LogP contribution is 2.18. The van der Waals surface area contributed by atoms with E-state index in [0.29, 0.717) is 11.5 Å². The predicted molar refractivity (Wildman–Crippen MR) is 67.8 cm³/mol. The van der Waals surface area contributed by atoms with E-state index in [1.165, 1.54) is 0 Å². The van der Waals surface area contributed by atoms with Gasteiger partial charge >= 0.3 is 0 Å². The molecule has 0 spiro atoms. The Morgan fingerprint density at radius 3 is 2.78 bits per heavy atom. The molecular formula is C14H14N2O2. The average Bonchev–Trinajstić information content (AvgIpc) is 2.39. The Morgan fingerprint density at radius 2 is 2.06 bits per heavy atom. The van der Waals surface area contributed by atoms with Crippen LogP contribution in [0.15, 0.2) is 36.5 Å². The molecule has 0 fully saturated rings. The lowest BCUT2D eigenvalue weighted by Crippen LogP contribution is -2.08. The molecule has 2 aromatic rings. The molecule has 4 nitrogen and oxygen atoms in total. The number of ether oxygens (including phenoxy) is 1. The van der Waals surface area contributed by atoms with Gasteiger partial charge in [0, 0.05) is 18.2 Å². The maximum atomic E-state index is 12.1. The predicted octanol–water partition coefficient (Wildman–Crippen LogP) is 2.22. The van der Waals surface area contributed by atoms with Crippen molar-refractivity contribution in [2.24, 2.45) is 0 Å². The minimum absolute atomic E-state index is 0.0370. The Hall–Kier alpha value is -2.23. The maximum Gasteiger partial charge on any atom is 0.185 e. The number of methoxy groups -OCH3 is 1. The smallest absolute Gasteiger partial charge is 0.185 e. The average molecular weight is 242 g/mol. The van der Waals surface area contributed by atoms with Gasteiger partial charge in [-0.2, -0.15) is 0 Å². The molecule has 2 rings (SSSR count). The molecule has 0 bridgehead atoms. The minimum Gasteiger partial charge on any atom is -0.496 e. The molecular weight excluding hydrogens is 228 g/mol. The number of rotatable bonds is 4. The summed E-state index contributed by atoms with van der Waals surface area (Å²) in [6, 6.07) is 9.11. The number of nitrogens with zero attached hydrogens (tertiary/aromatic N) is 2. The summed E-state index contributed by atoms with van der Waals surface area (Å²) in [6.07, 6.45) is 1.87. The molecule has 0 saturated heterocycles. The molecule has 0 unspecified atom stereocenters. The van der Waals surface area contributed by atoms with Crippen molar-refractivity contribution in [3.05, 3.63) is 53.6 Å². The lowest BCUT2D eigenvalue weighted by Gasteiger charge is -2.07. The molecule has 0 aliphatic heterocycles. The molecule has 0 atom stereocenters. The second-order valence-electron chi connectivity index (χ2n) is 3.90. The van der Waals surface area contributed by atoms with Crippen molar-refractivity contribution in [3.63, 3.8) is 0 Å². The van der Waals surface area contributed by atoms with Crippen molar-refractivity contribution in [2.45, 2.75) is 13.3 Å². The van der Waals surface area contributed by atoms with Crippen LogP contribution in [0.5, 0.6) is 5.75 Å². The second kappa shape index (κ2) is 5.40. The Kier molecular flexibility index (Phi) is 3.67. The van der Waals surface area contributed by atoms with Crippen LogP contribution in [0, 0.1) is 6.92 Å². The second-order valence-corrected chi connectivity index (χ2v) is 3.90. The normalized spacial score (nSPS) is 10.1. The number of hydrogen-bond donors (Lipinski definition) is 0. The number of ketones is 1. The fourth-order valence-electron chi connectivity index (χ4n) is 1.72. The van der Waals surface area contributed by atoms with Crippen molar-refractivity contribution in [1.82, 2.24) is 9.97 Å². The third-order valence-electron chi connectivity index (χ3n) is 2.61. The molecule has 0 radical (unpaired) electrons. The summed E-state index contributed by atoms with van der Waals surface area (Å²) in [5.41, 5.74) is 1.30. The number of Topliss-reactive ketones (excluding diaryl/α,β-unsaturated/α-hetero) is 1. The van der Waals surface area contributed by atoms with E-state index in [-0.39, 0.29) is 12.2 Å². The first-order valence-electron chi connectivity index (χ1n) is 5.65. The minimum atomic E-state index is -0.0370. The summed E-state index contributed by atoms with van der Waals surface area (Å²) in [6.45, 7) is 1.76. The largest absolute Gasteiger partial charge is 0.496 e. The number of aryl methyl sites for hydroxylation is 1. The zero-order valence-corrected chi connectivity index (χ0v) is 10.4. The number of benzene rings is 1. The topological polar surface area (TPSA) is 52.1 Å². The van der Waals surface area contributed by atoms with Crippen molar-refractivity contribution >= 4 is 5.78 Å². The summed E-state index contributed by atoms with van der Waals surface area (Å²) in [5, 5.41) is 0. The van der Waals surface area contributed by atoms with E-state index in [0.717, 1.165) is 11.3 Å². The molecule has 0 aliphatic rings. The van der Waals surface area contributed by atoms with Gasteiger partial charge in [0.2, 0.25) is 0 Å². The van der Waals surface area contributed by atoms with Gasteiger partial charge in [-0.05, 0) is 19.1 Å². The molecule has 1 aromatic heterocycles. The highest BCUT2D eigenvalue weighted by molar-refractivity contribution is 5.96. The summed E-state index contributed by atoms with van der Waals surface area (Å²) in [4.78, 5) is 20.2. The number of aromatic nitrogens is 2. The Labute approximate surface area is 106 Å². The van der Waals surface area contributed by atoms with E-state index in [1.807, 2.05) is 24.3 Å². The van der Waals surface area contributed by atoms with Gasteiger partial charge in [0.1, 0.15) is 17.3 Å². The quantitative estimate of drug-likeness (QED) is 0.771. The molecule has 0 amide bonds. The SMILES string of the molecule is COc1ccccc1CC(=O)c1ccnc(C)n1.